The maximum Gasteiger partial charge on any atom is 0.254 e. The number of benzene rings is 2. The molecule has 0 aromatic heterocycles. The first-order valence-electron chi connectivity index (χ1n) is 10.2. The SMILES string of the molecule is COc1ccccc1/C=C(/C(=O)N1CCC(C2OCCO2)CC1)c1ccccc1. The molecule has 2 aliphatic heterocycles. The van der Waals surface area contributed by atoms with Crippen LogP contribution in [0.15, 0.2) is 54.6 Å². The first-order valence-corrected chi connectivity index (χ1v) is 10.2. The fraction of sp³-hybridized carbons (Fsp3) is 0.375. The fourth-order valence-electron chi connectivity index (χ4n) is 4.02. The van der Waals surface area contributed by atoms with E-state index in [2.05, 4.69) is 0 Å². The van der Waals surface area contributed by atoms with Crippen LogP contribution < -0.4 is 4.74 Å². The van der Waals surface area contributed by atoms with Gasteiger partial charge in [-0.2, -0.15) is 0 Å². The van der Waals surface area contributed by atoms with Gasteiger partial charge in [-0.3, -0.25) is 4.79 Å². The van der Waals surface area contributed by atoms with Crippen LogP contribution in [0, 0.1) is 5.92 Å². The molecule has 1 amide bonds. The fourth-order valence-corrected chi connectivity index (χ4v) is 4.02. The van der Waals surface area contributed by atoms with E-state index in [1.54, 1.807) is 7.11 Å². The summed E-state index contributed by atoms with van der Waals surface area (Å²) in [6, 6.07) is 17.6. The largest absolute Gasteiger partial charge is 0.496 e. The third kappa shape index (κ3) is 4.52. The molecule has 0 spiro atoms. The molecule has 2 saturated heterocycles. The molecule has 0 unspecified atom stereocenters. The Kier molecular flexibility index (Phi) is 6.27. The maximum absolute atomic E-state index is 13.5. The van der Waals surface area contributed by atoms with E-state index in [9.17, 15) is 4.79 Å². The lowest BCUT2D eigenvalue weighted by atomic mass is 9.94. The number of methoxy groups -OCH3 is 1. The van der Waals surface area contributed by atoms with Crippen molar-refractivity contribution in [2.45, 2.75) is 19.1 Å². The van der Waals surface area contributed by atoms with Gasteiger partial charge in [0.2, 0.25) is 0 Å². The zero-order chi connectivity index (χ0) is 20.1. The predicted octanol–water partition coefficient (Wildman–Crippen LogP) is 3.85. The zero-order valence-corrected chi connectivity index (χ0v) is 16.8. The second kappa shape index (κ2) is 9.25. The van der Waals surface area contributed by atoms with Gasteiger partial charge < -0.3 is 19.1 Å². The number of likely N-dealkylation sites (tertiary alicyclic amines) is 1. The summed E-state index contributed by atoms with van der Waals surface area (Å²) in [6.45, 7) is 2.76. The number of amides is 1. The summed E-state index contributed by atoms with van der Waals surface area (Å²) < 4.78 is 16.8. The van der Waals surface area contributed by atoms with Crippen LogP contribution in [-0.4, -0.2) is 50.5 Å². The van der Waals surface area contributed by atoms with Crippen LogP contribution in [-0.2, 0) is 14.3 Å². The molecule has 0 bridgehead atoms. The van der Waals surface area contributed by atoms with E-state index >= 15 is 0 Å². The Morgan fingerprint density at radius 3 is 2.34 bits per heavy atom. The van der Waals surface area contributed by atoms with Gasteiger partial charge in [0.05, 0.1) is 20.3 Å². The first kappa shape index (κ1) is 19.7. The van der Waals surface area contributed by atoms with Gasteiger partial charge in [0.1, 0.15) is 5.75 Å². The van der Waals surface area contributed by atoms with E-state index in [1.165, 1.54) is 0 Å². The normalized spacial score (nSPS) is 18.8. The van der Waals surface area contributed by atoms with Crippen LogP contribution in [0.2, 0.25) is 0 Å². The molecular formula is C24H27NO4. The summed E-state index contributed by atoms with van der Waals surface area (Å²) in [5.74, 6) is 1.16. The van der Waals surface area contributed by atoms with Gasteiger partial charge >= 0.3 is 0 Å². The van der Waals surface area contributed by atoms with Gasteiger partial charge in [0.15, 0.2) is 6.29 Å². The third-order valence-corrected chi connectivity index (χ3v) is 5.61. The lowest BCUT2D eigenvalue weighted by molar-refractivity contribution is -0.131. The van der Waals surface area contributed by atoms with Crippen LogP contribution in [0.1, 0.15) is 24.0 Å². The van der Waals surface area contributed by atoms with Gasteiger partial charge in [-0.05, 0) is 30.5 Å². The molecular weight excluding hydrogens is 366 g/mol. The Morgan fingerprint density at radius 2 is 1.66 bits per heavy atom. The number of para-hydroxylation sites is 1. The minimum absolute atomic E-state index is 0.0498. The second-order valence-corrected chi connectivity index (χ2v) is 7.41. The van der Waals surface area contributed by atoms with Gasteiger partial charge in [0, 0.05) is 30.1 Å². The average Bonchev–Trinajstić information content (AvgIpc) is 3.33. The molecule has 0 atom stereocenters. The van der Waals surface area contributed by atoms with Gasteiger partial charge in [-0.1, -0.05) is 48.5 Å². The van der Waals surface area contributed by atoms with Gasteiger partial charge in [-0.25, -0.2) is 0 Å². The Morgan fingerprint density at radius 1 is 1.00 bits per heavy atom. The molecule has 0 aliphatic carbocycles. The topological polar surface area (TPSA) is 48.0 Å². The number of rotatable bonds is 5. The molecule has 0 radical (unpaired) electrons. The van der Waals surface area contributed by atoms with Gasteiger partial charge in [0.25, 0.3) is 5.91 Å². The number of ether oxygens (including phenoxy) is 3. The smallest absolute Gasteiger partial charge is 0.254 e. The van der Waals surface area contributed by atoms with Crippen molar-refractivity contribution >= 4 is 17.6 Å². The molecule has 4 rings (SSSR count). The number of carbonyl (C=O) groups excluding carboxylic acids is 1. The van der Waals surface area contributed by atoms with Crippen molar-refractivity contribution < 1.29 is 19.0 Å². The van der Waals surface area contributed by atoms with Crippen molar-refractivity contribution in [3.63, 3.8) is 0 Å². The van der Waals surface area contributed by atoms with Crippen molar-refractivity contribution in [1.29, 1.82) is 0 Å². The van der Waals surface area contributed by atoms with Crippen LogP contribution in [0.5, 0.6) is 5.75 Å². The molecule has 29 heavy (non-hydrogen) atoms. The minimum Gasteiger partial charge on any atom is -0.496 e. The summed E-state index contributed by atoms with van der Waals surface area (Å²) in [4.78, 5) is 15.4. The molecule has 0 saturated carbocycles. The van der Waals surface area contributed by atoms with Gasteiger partial charge in [-0.15, -0.1) is 0 Å². The number of hydrogen-bond donors (Lipinski definition) is 0. The Labute approximate surface area is 171 Å². The molecule has 2 aromatic rings. The highest BCUT2D eigenvalue weighted by Gasteiger charge is 2.32. The van der Waals surface area contributed by atoms with Crippen molar-refractivity contribution in [2.75, 3.05) is 33.4 Å². The monoisotopic (exact) mass is 393 g/mol. The summed E-state index contributed by atoms with van der Waals surface area (Å²) in [5.41, 5.74) is 2.49. The van der Waals surface area contributed by atoms with Crippen molar-refractivity contribution in [2.24, 2.45) is 5.92 Å². The molecule has 5 nitrogen and oxygen atoms in total. The van der Waals surface area contributed by atoms with E-state index in [0.717, 1.165) is 29.7 Å². The summed E-state index contributed by atoms with van der Waals surface area (Å²) >= 11 is 0. The lowest BCUT2D eigenvalue weighted by Gasteiger charge is -2.34. The number of piperidine rings is 1. The summed E-state index contributed by atoms with van der Waals surface area (Å²) in [5, 5.41) is 0. The average molecular weight is 393 g/mol. The number of nitrogens with zero attached hydrogens (tertiary/aromatic N) is 1. The highest BCUT2D eigenvalue weighted by Crippen LogP contribution is 2.30. The van der Waals surface area contributed by atoms with Crippen molar-refractivity contribution in [3.05, 3.63) is 65.7 Å². The Balaban J connectivity index is 1.57. The summed E-state index contributed by atoms with van der Waals surface area (Å²) in [7, 11) is 1.65. The van der Waals surface area contributed by atoms with Crippen LogP contribution in [0.25, 0.3) is 11.6 Å². The number of carbonyl (C=O) groups is 1. The third-order valence-electron chi connectivity index (χ3n) is 5.61. The van der Waals surface area contributed by atoms with E-state index in [4.69, 9.17) is 14.2 Å². The molecule has 2 aliphatic rings. The Hall–Kier alpha value is -2.63. The highest BCUT2D eigenvalue weighted by molar-refractivity contribution is 6.24. The van der Waals surface area contributed by atoms with Crippen molar-refractivity contribution in [1.82, 2.24) is 4.90 Å². The van der Waals surface area contributed by atoms with Crippen LogP contribution in [0.4, 0.5) is 0 Å². The molecule has 2 fully saturated rings. The molecule has 2 heterocycles. The molecule has 0 N–H and O–H groups in total. The van der Waals surface area contributed by atoms with Crippen LogP contribution >= 0.6 is 0 Å². The highest BCUT2D eigenvalue weighted by atomic mass is 16.7. The Bertz CT molecular complexity index is 850. The van der Waals surface area contributed by atoms with E-state index in [1.807, 2.05) is 65.6 Å². The summed E-state index contributed by atoms with van der Waals surface area (Å²) in [6.07, 6.45) is 3.62. The predicted molar refractivity (Wildman–Crippen MR) is 112 cm³/mol. The minimum atomic E-state index is -0.107. The molecule has 152 valence electrons. The van der Waals surface area contributed by atoms with Crippen molar-refractivity contribution in [3.8, 4) is 5.75 Å². The first-order chi connectivity index (χ1) is 14.3. The quantitative estimate of drug-likeness (QED) is 0.572. The standard InChI is InChI=1S/C24H27NO4/c1-27-22-10-6-5-9-20(22)17-21(18-7-3-2-4-8-18)23(26)25-13-11-19(12-14-25)24-28-15-16-29-24/h2-10,17,19,24H,11-16H2,1H3/b21-17+. The molecule has 2 aromatic carbocycles. The lowest BCUT2D eigenvalue weighted by Crippen LogP contribution is -2.41. The van der Waals surface area contributed by atoms with E-state index < -0.39 is 0 Å². The molecule has 5 heteroatoms. The van der Waals surface area contributed by atoms with E-state index in [0.29, 0.717) is 37.8 Å². The second-order valence-electron chi connectivity index (χ2n) is 7.41. The van der Waals surface area contributed by atoms with Crippen LogP contribution in [0.3, 0.4) is 0 Å². The zero-order valence-electron chi connectivity index (χ0n) is 16.8. The van der Waals surface area contributed by atoms with E-state index in [-0.39, 0.29) is 12.2 Å². The number of hydrogen-bond acceptors (Lipinski definition) is 4. The maximum atomic E-state index is 13.5.